The maximum atomic E-state index is 14.8. The maximum absolute atomic E-state index is 14.8. The zero-order chi connectivity index (χ0) is 28.6. The highest BCUT2D eigenvalue weighted by atomic mass is 16.7. The van der Waals surface area contributed by atoms with Crippen molar-refractivity contribution in [1.29, 1.82) is 0 Å². The first-order chi connectivity index (χ1) is 18.5. The Balaban J connectivity index is 1.34. The molecule has 2 aliphatic carbocycles. The highest BCUT2D eigenvalue weighted by molar-refractivity contribution is 6.02. The number of carbonyl (C=O) groups is 4. The van der Waals surface area contributed by atoms with Gasteiger partial charge in [-0.05, 0) is 53.4 Å². The minimum Gasteiger partial charge on any atom is -0.459 e. The molecule has 11 nitrogen and oxygen atoms in total. The van der Waals surface area contributed by atoms with Crippen molar-refractivity contribution in [3.05, 3.63) is 0 Å². The molecule has 218 valence electrons. The summed E-state index contributed by atoms with van der Waals surface area (Å²) >= 11 is 0. The quantitative estimate of drug-likeness (QED) is 0.403. The second kappa shape index (κ2) is 6.83. The number of aliphatic hydroxyl groups is 2. The average molecular weight is 561 g/mol. The fourth-order valence-electron chi connectivity index (χ4n) is 10.8. The van der Waals surface area contributed by atoms with Gasteiger partial charge in [0.2, 0.25) is 11.6 Å². The first-order valence-corrected chi connectivity index (χ1v) is 14.5. The number of fused-ring (bicyclic) bond motifs is 2. The minimum absolute atomic E-state index is 0.00891. The highest BCUT2D eigenvalue weighted by Crippen LogP contribution is 2.72. The Morgan fingerprint density at radius 3 is 2.35 bits per heavy atom. The SMILES string of the molecule is C[C@@H]1C(=O)O[C@H]2[C@@H]1O[C@]13O[C@@]4(CC[C@]5(C)C(=O)[C@](C)(O)[C@H]2[C@H]15)C[C@]12OC(=O)C[C@H]1OC(C)(C)[C@@H]2CC[C@@]4(O)C3=O. The van der Waals surface area contributed by atoms with Crippen LogP contribution in [0.5, 0.6) is 0 Å². The number of Topliss-reactive ketones (excluding diaryl/α,β-unsaturated/α-hetero) is 2. The van der Waals surface area contributed by atoms with Crippen molar-refractivity contribution in [2.75, 3.05) is 0 Å². The monoisotopic (exact) mass is 560 g/mol. The Labute approximate surface area is 231 Å². The number of carbonyl (C=O) groups excluding carboxylic acids is 4. The van der Waals surface area contributed by atoms with Crippen LogP contribution in [0.15, 0.2) is 0 Å². The van der Waals surface area contributed by atoms with Crippen molar-refractivity contribution in [3.8, 4) is 0 Å². The maximum Gasteiger partial charge on any atom is 0.311 e. The lowest BCUT2D eigenvalue weighted by molar-refractivity contribution is -0.338. The minimum atomic E-state index is -2.10. The largest absolute Gasteiger partial charge is 0.459 e. The molecule has 3 spiro atoms. The van der Waals surface area contributed by atoms with Gasteiger partial charge in [-0.25, -0.2) is 0 Å². The molecule has 0 radical (unpaired) electrons. The van der Waals surface area contributed by atoms with Gasteiger partial charge in [-0.1, -0.05) is 6.92 Å². The summed E-state index contributed by atoms with van der Waals surface area (Å²) in [6.45, 7) is 8.62. The Morgan fingerprint density at radius 1 is 0.900 bits per heavy atom. The summed E-state index contributed by atoms with van der Waals surface area (Å²) in [5.74, 6) is -7.23. The number of hydrogen-bond donors (Lipinski definition) is 2. The van der Waals surface area contributed by atoms with Gasteiger partial charge < -0.3 is 33.9 Å². The standard InChI is InChI=1S/C29H36O11/c1-12-17-18(36-20(12)31)16-19-24(4,21(32)25(16,5)34)8-9-26-11-27-13(23(2,3)37-14(27)10-15(30)38-27)6-7-28(26,35)22(33)29(19,39-17)40-26/h12-14,16-19,34-35H,6-11H2,1-5H3/t12-,13-,14+,16+,17+,18+,19-,24-,25+,26-,27+,28+,29-/m0/s1. The van der Waals surface area contributed by atoms with Gasteiger partial charge in [0.25, 0.3) is 0 Å². The van der Waals surface area contributed by atoms with Crippen molar-refractivity contribution in [3.63, 3.8) is 0 Å². The summed E-state index contributed by atoms with van der Waals surface area (Å²) in [6, 6.07) is 0. The van der Waals surface area contributed by atoms with Crippen LogP contribution in [0, 0.1) is 29.1 Å². The Bertz CT molecular complexity index is 1310. The summed E-state index contributed by atoms with van der Waals surface area (Å²) in [6.07, 6.45) is -1.75. The lowest BCUT2D eigenvalue weighted by Gasteiger charge is -2.50. The third kappa shape index (κ3) is 2.43. The van der Waals surface area contributed by atoms with Gasteiger partial charge in [0.05, 0.1) is 17.9 Å². The third-order valence-corrected chi connectivity index (χ3v) is 12.5. The molecule has 2 bridgehead atoms. The summed E-state index contributed by atoms with van der Waals surface area (Å²) in [4.78, 5) is 54.3. The first kappa shape index (κ1) is 25.8. The summed E-state index contributed by atoms with van der Waals surface area (Å²) in [5.41, 5.74) is -8.53. The van der Waals surface area contributed by atoms with Crippen LogP contribution < -0.4 is 0 Å². The normalized spacial score (nSPS) is 60.6. The lowest BCUT2D eigenvalue weighted by atomic mass is 9.59. The molecule has 0 amide bonds. The van der Waals surface area contributed by atoms with E-state index in [1.54, 1.807) is 13.8 Å². The molecule has 6 saturated heterocycles. The number of esters is 2. The van der Waals surface area contributed by atoms with E-state index >= 15 is 0 Å². The van der Waals surface area contributed by atoms with Crippen molar-refractivity contribution in [2.24, 2.45) is 29.1 Å². The second-order valence-corrected chi connectivity index (χ2v) is 14.7. The van der Waals surface area contributed by atoms with E-state index in [4.69, 9.17) is 23.7 Å². The van der Waals surface area contributed by atoms with E-state index < -0.39 is 98.8 Å². The molecule has 8 rings (SSSR count). The zero-order valence-corrected chi connectivity index (χ0v) is 23.4. The van der Waals surface area contributed by atoms with E-state index in [0.29, 0.717) is 6.42 Å². The lowest BCUT2D eigenvalue weighted by Crippen LogP contribution is -2.66. The van der Waals surface area contributed by atoms with Gasteiger partial charge in [-0.3, -0.25) is 19.2 Å². The molecule has 0 aromatic rings. The molecule has 0 unspecified atom stereocenters. The fraction of sp³-hybridized carbons (Fsp3) is 0.862. The van der Waals surface area contributed by atoms with Crippen LogP contribution in [0.4, 0.5) is 0 Å². The highest BCUT2D eigenvalue weighted by Gasteiger charge is 2.88. The molecule has 6 aliphatic heterocycles. The van der Waals surface area contributed by atoms with Crippen LogP contribution in [0.3, 0.4) is 0 Å². The summed E-state index contributed by atoms with van der Waals surface area (Å²) < 4.78 is 31.6. The Hall–Kier alpha value is -1.92. The van der Waals surface area contributed by atoms with Crippen molar-refractivity contribution in [1.82, 2.24) is 0 Å². The predicted molar refractivity (Wildman–Crippen MR) is 130 cm³/mol. The van der Waals surface area contributed by atoms with E-state index in [-0.39, 0.29) is 38.0 Å². The first-order valence-electron chi connectivity index (χ1n) is 14.5. The number of ketones is 2. The van der Waals surface area contributed by atoms with E-state index in [9.17, 15) is 29.4 Å². The average Bonchev–Trinajstić information content (AvgIpc) is 3.42. The smallest absolute Gasteiger partial charge is 0.311 e. The number of hydrogen-bond acceptors (Lipinski definition) is 11. The molecule has 6 heterocycles. The van der Waals surface area contributed by atoms with E-state index in [0.717, 1.165) is 0 Å². The summed E-state index contributed by atoms with van der Waals surface area (Å²) in [5, 5.41) is 24.2. The summed E-state index contributed by atoms with van der Waals surface area (Å²) in [7, 11) is 0. The predicted octanol–water partition coefficient (Wildman–Crippen LogP) is 0.742. The molecule has 0 aromatic carbocycles. The van der Waals surface area contributed by atoms with E-state index in [2.05, 4.69) is 0 Å². The molecule has 2 saturated carbocycles. The second-order valence-electron chi connectivity index (χ2n) is 14.7. The Kier molecular flexibility index (Phi) is 4.40. The van der Waals surface area contributed by atoms with Crippen molar-refractivity contribution < 1.29 is 53.1 Å². The number of ether oxygens (including phenoxy) is 5. The number of rotatable bonds is 0. The van der Waals surface area contributed by atoms with Crippen LogP contribution in [-0.4, -0.2) is 85.8 Å². The van der Waals surface area contributed by atoms with Gasteiger partial charge in [-0.15, -0.1) is 0 Å². The topological polar surface area (TPSA) is 155 Å². The van der Waals surface area contributed by atoms with Crippen molar-refractivity contribution in [2.45, 2.75) is 125 Å². The van der Waals surface area contributed by atoms with Crippen LogP contribution in [0.2, 0.25) is 0 Å². The van der Waals surface area contributed by atoms with Crippen molar-refractivity contribution >= 4 is 23.5 Å². The van der Waals surface area contributed by atoms with Gasteiger partial charge in [0, 0.05) is 29.6 Å². The van der Waals surface area contributed by atoms with Crippen LogP contribution >= 0.6 is 0 Å². The van der Waals surface area contributed by atoms with Gasteiger partial charge in [0.15, 0.2) is 11.4 Å². The molecule has 11 heteroatoms. The van der Waals surface area contributed by atoms with Gasteiger partial charge in [0.1, 0.15) is 35.1 Å². The zero-order valence-electron chi connectivity index (χ0n) is 23.4. The van der Waals surface area contributed by atoms with E-state index in [1.807, 2.05) is 13.8 Å². The molecule has 0 aromatic heterocycles. The van der Waals surface area contributed by atoms with Gasteiger partial charge >= 0.3 is 11.9 Å². The Morgan fingerprint density at radius 2 is 1.62 bits per heavy atom. The van der Waals surface area contributed by atoms with Gasteiger partial charge in [-0.2, -0.15) is 0 Å². The molecule has 13 atom stereocenters. The van der Waals surface area contributed by atoms with Crippen LogP contribution in [0.25, 0.3) is 0 Å². The van der Waals surface area contributed by atoms with Crippen LogP contribution in [-0.2, 0) is 42.9 Å². The fourth-order valence-corrected chi connectivity index (χ4v) is 10.8. The molecular formula is C29H36O11. The van der Waals surface area contributed by atoms with E-state index in [1.165, 1.54) is 6.92 Å². The molecular weight excluding hydrogens is 524 g/mol. The van der Waals surface area contributed by atoms with Crippen LogP contribution in [0.1, 0.15) is 73.1 Å². The molecule has 8 aliphatic rings. The molecule has 8 fully saturated rings. The third-order valence-electron chi connectivity index (χ3n) is 12.5. The molecule has 2 N–H and O–H groups in total. The molecule has 40 heavy (non-hydrogen) atoms.